The number of esters is 2. The average Bonchev–Trinajstić information content (AvgIpc) is 3.00. The van der Waals surface area contributed by atoms with Crippen LogP contribution in [0.4, 0.5) is 0 Å². The number of fused-ring (bicyclic) bond motifs is 5. The Kier molecular flexibility index (Phi) is 2.68. The van der Waals surface area contributed by atoms with Crippen molar-refractivity contribution in [2.75, 3.05) is 6.61 Å². The zero-order valence-electron chi connectivity index (χ0n) is 10.5. The maximum atomic E-state index is 11.8. The van der Waals surface area contributed by atoms with E-state index in [0.717, 1.165) is 12.8 Å². The van der Waals surface area contributed by atoms with Crippen LogP contribution in [0, 0.1) is 29.6 Å². The third kappa shape index (κ3) is 1.44. The van der Waals surface area contributed by atoms with Gasteiger partial charge in [0.05, 0.1) is 12.5 Å². The summed E-state index contributed by atoms with van der Waals surface area (Å²) in [6, 6.07) is 0. The first-order valence-electron chi connectivity index (χ1n) is 6.67. The van der Waals surface area contributed by atoms with Crippen LogP contribution in [-0.4, -0.2) is 24.6 Å². The topological polar surface area (TPSA) is 52.6 Å². The van der Waals surface area contributed by atoms with E-state index in [2.05, 4.69) is 13.5 Å². The molecule has 0 N–H and O–H groups in total. The van der Waals surface area contributed by atoms with Gasteiger partial charge >= 0.3 is 11.9 Å². The van der Waals surface area contributed by atoms with Gasteiger partial charge in [-0.3, -0.25) is 4.79 Å². The summed E-state index contributed by atoms with van der Waals surface area (Å²) >= 11 is 0. The fraction of sp³-hybridized carbons (Fsp3) is 0.714. The Morgan fingerprint density at radius 2 is 2.28 bits per heavy atom. The van der Waals surface area contributed by atoms with E-state index in [1.165, 1.54) is 6.08 Å². The molecule has 2 bridgehead atoms. The lowest BCUT2D eigenvalue weighted by molar-refractivity contribution is -0.155. The van der Waals surface area contributed by atoms with Crippen LogP contribution in [-0.2, 0) is 19.1 Å². The van der Waals surface area contributed by atoms with E-state index >= 15 is 0 Å². The molecule has 3 fully saturated rings. The monoisotopic (exact) mass is 250 g/mol. The molecule has 1 saturated heterocycles. The molecule has 1 aliphatic heterocycles. The average molecular weight is 250 g/mol. The molecule has 0 aromatic carbocycles. The first-order valence-corrected chi connectivity index (χ1v) is 6.67. The summed E-state index contributed by atoms with van der Waals surface area (Å²) in [6.45, 7) is 6.11. The van der Waals surface area contributed by atoms with Crippen LogP contribution in [0.5, 0.6) is 0 Å². The smallest absolute Gasteiger partial charge is 0.330 e. The number of cyclic esters (lactones) is 1. The molecule has 6 atom stereocenters. The number of carbonyl (C=O) groups excluding carboxylic acids is 2. The third-order valence-electron chi connectivity index (χ3n) is 4.99. The quantitative estimate of drug-likeness (QED) is 0.563. The van der Waals surface area contributed by atoms with Gasteiger partial charge in [0.1, 0.15) is 6.10 Å². The minimum atomic E-state index is -0.381. The zero-order chi connectivity index (χ0) is 12.9. The molecule has 4 heteroatoms. The van der Waals surface area contributed by atoms with Crippen LogP contribution in [0.3, 0.4) is 0 Å². The van der Waals surface area contributed by atoms with Crippen molar-refractivity contribution in [3.05, 3.63) is 12.7 Å². The van der Waals surface area contributed by atoms with E-state index in [1.54, 1.807) is 0 Å². The van der Waals surface area contributed by atoms with Crippen LogP contribution < -0.4 is 0 Å². The second-order valence-corrected chi connectivity index (χ2v) is 5.56. The lowest BCUT2D eigenvalue weighted by Crippen LogP contribution is -2.41. The molecule has 0 spiro atoms. The van der Waals surface area contributed by atoms with Gasteiger partial charge < -0.3 is 9.47 Å². The summed E-state index contributed by atoms with van der Waals surface area (Å²) in [5.41, 5.74) is 0. The van der Waals surface area contributed by atoms with Gasteiger partial charge in [-0.1, -0.05) is 13.5 Å². The summed E-state index contributed by atoms with van der Waals surface area (Å²) in [5, 5.41) is 0. The standard InChI is InChI=1S/C14H18O4/c1-3-7-8-5-9(13(7)18-11(15)4-2)12-10(8)6-17-14(12)16/h4,7-10,12-13H,2-3,5-6H2,1H3. The molecule has 4 nitrogen and oxygen atoms in total. The molecule has 1 heterocycles. The van der Waals surface area contributed by atoms with E-state index in [-0.39, 0.29) is 29.9 Å². The number of rotatable bonds is 3. The van der Waals surface area contributed by atoms with Crippen molar-refractivity contribution in [2.45, 2.75) is 25.9 Å². The summed E-state index contributed by atoms with van der Waals surface area (Å²) in [7, 11) is 0. The zero-order valence-corrected chi connectivity index (χ0v) is 10.5. The highest BCUT2D eigenvalue weighted by molar-refractivity contribution is 5.81. The SMILES string of the molecule is C=CC(=O)OC1C(CC)C2CC1C1C(=O)OCC21. The molecule has 18 heavy (non-hydrogen) atoms. The van der Waals surface area contributed by atoms with Crippen molar-refractivity contribution < 1.29 is 19.1 Å². The lowest BCUT2D eigenvalue weighted by Gasteiger charge is -2.34. The maximum Gasteiger partial charge on any atom is 0.330 e. The molecule has 6 unspecified atom stereocenters. The van der Waals surface area contributed by atoms with Crippen molar-refractivity contribution in [2.24, 2.45) is 29.6 Å². The highest BCUT2D eigenvalue weighted by atomic mass is 16.6. The molecule has 0 aromatic rings. The third-order valence-corrected chi connectivity index (χ3v) is 4.99. The maximum absolute atomic E-state index is 11.8. The second kappa shape index (κ2) is 4.11. The van der Waals surface area contributed by atoms with Gasteiger partial charge in [0, 0.05) is 17.9 Å². The highest BCUT2D eigenvalue weighted by Crippen LogP contribution is 2.59. The Hall–Kier alpha value is -1.32. The minimum absolute atomic E-state index is 0.0413. The van der Waals surface area contributed by atoms with Gasteiger partial charge in [0.2, 0.25) is 0 Å². The fourth-order valence-electron chi connectivity index (χ4n) is 4.35. The van der Waals surface area contributed by atoms with Gasteiger partial charge in [-0.05, 0) is 24.7 Å². The van der Waals surface area contributed by atoms with Gasteiger partial charge in [0.15, 0.2) is 0 Å². The number of hydrogen-bond donors (Lipinski definition) is 0. The predicted octanol–water partition coefficient (Wildman–Crippen LogP) is 1.55. The van der Waals surface area contributed by atoms with Crippen LogP contribution in [0.15, 0.2) is 12.7 Å². The Morgan fingerprint density at radius 1 is 1.50 bits per heavy atom. The first kappa shape index (κ1) is 11.8. The summed E-state index contributed by atoms with van der Waals surface area (Å²) in [4.78, 5) is 23.2. The fourth-order valence-corrected chi connectivity index (χ4v) is 4.35. The Morgan fingerprint density at radius 3 is 2.94 bits per heavy atom. The van der Waals surface area contributed by atoms with E-state index in [4.69, 9.17) is 9.47 Å². The normalized spacial score (nSPS) is 44.6. The molecular formula is C14H18O4. The summed E-state index contributed by atoms with van der Waals surface area (Å²) < 4.78 is 10.7. The number of hydrogen-bond acceptors (Lipinski definition) is 4. The Labute approximate surface area is 106 Å². The largest absolute Gasteiger partial charge is 0.465 e. The lowest BCUT2D eigenvalue weighted by atomic mass is 9.73. The van der Waals surface area contributed by atoms with E-state index in [9.17, 15) is 9.59 Å². The van der Waals surface area contributed by atoms with Crippen molar-refractivity contribution in [3.8, 4) is 0 Å². The summed E-state index contributed by atoms with van der Waals surface area (Å²) in [5.74, 6) is 0.833. The highest BCUT2D eigenvalue weighted by Gasteiger charge is 2.63. The molecule has 98 valence electrons. The molecule has 2 aliphatic carbocycles. The van der Waals surface area contributed by atoms with Crippen molar-refractivity contribution in [1.82, 2.24) is 0 Å². The van der Waals surface area contributed by atoms with Crippen LogP contribution in [0.1, 0.15) is 19.8 Å². The molecular weight excluding hydrogens is 232 g/mol. The molecule has 0 aromatic heterocycles. The first-order chi connectivity index (χ1) is 8.67. The van der Waals surface area contributed by atoms with Crippen molar-refractivity contribution >= 4 is 11.9 Å². The van der Waals surface area contributed by atoms with Gasteiger partial charge in [-0.25, -0.2) is 4.79 Å². The van der Waals surface area contributed by atoms with Crippen LogP contribution >= 0.6 is 0 Å². The number of ether oxygens (including phenoxy) is 2. The summed E-state index contributed by atoms with van der Waals surface area (Å²) in [6.07, 6.45) is 3.05. The van der Waals surface area contributed by atoms with E-state index in [0.29, 0.717) is 24.4 Å². The van der Waals surface area contributed by atoms with Crippen LogP contribution in [0.25, 0.3) is 0 Å². The molecule has 2 saturated carbocycles. The second-order valence-electron chi connectivity index (χ2n) is 5.56. The number of carbonyl (C=O) groups is 2. The van der Waals surface area contributed by atoms with Crippen LogP contribution in [0.2, 0.25) is 0 Å². The van der Waals surface area contributed by atoms with Gasteiger partial charge in [-0.15, -0.1) is 0 Å². The predicted molar refractivity (Wildman–Crippen MR) is 63.4 cm³/mol. The molecule has 0 amide bonds. The molecule has 3 rings (SSSR count). The van der Waals surface area contributed by atoms with Gasteiger partial charge in [-0.2, -0.15) is 0 Å². The molecule has 3 aliphatic rings. The Bertz CT molecular complexity index is 403. The van der Waals surface area contributed by atoms with Gasteiger partial charge in [0.25, 0.3) is 0 Å². The molecule has 0 radical (unpaired) electrons. The van der Waals surface area contributed by atoms with E-state index in [1.807, 2.05) is 0 Å². The Balaban J connectivity index is 1.84. The van der Waals surface area contributed by atoms with Crippen molar-refractivity contribution in [1.29, 1.82) is 0 Å². The van der Waals surface area contributed by atoms with Crippen molar-refractivity contribution in [3.63, 3.8) is 0 Å². The minimum Gasteiger partial charge on any atom is -0.465 e. The van der Waals surface area contributed by atoms with E-state index < -0.39 is 0 Å².